The highest BCUT2D eigenvalue weighted by Crippen LogP contribution is 2.14. The molecular weight excluding hydrogens is 280 g/mol. The summed E-state index contributed by atoms with van der Waals surface area (Å²) in [5.41, 5.74) is 1.28. The maximum absolute atomic E-state index is 12.1. The number of rotatable bonds is 5. The molecule has 1 heterocycles. The molecule has 6 heteroatoms. The largest absolute Gasteiger partial charge is 0.383 e. The minimum absolute atomic E-state index is 0.00225. The molecule has 0 spiro atoms. The van der Waals surface area contributed by atoms with Crippen LogP contribution in [0.3, 0.4) is 0 Å². The number of thiophene rings is 1. The third-order valence-electron chi connectivity index (χ3n) is 2.54. The highest BCUT2D eigenvalue weighted by molar-refractivity contribution is 7.91. The van der Waals surface area contributed by atoms with Crippen molar-refractivity contribution in [3.05, 3.63) is 46.7 Å². The predicted molar refractivity (Wildman–Crippen MR) is 76.0 cm³/mol. The Labute approximate surface area is 116 Å². The van der Waals surface area contributed by atoms with Crippen LogP contribution < -0.4 is 5.32 Å². The number of nitriles is 1. The Bertz CT molecular complexity index is 686. The van der Waals surface area contributed by atoms with Crippen LogP contribution in [0.15, 0.2) is 46.0 Å². The molecule has 0 aliphatic heterocycles. The number of hydrogen-bond acceptors (Lipinski definition) is 5. The fourth-order valence-corrected chi connectivity index (χ4v) is 3.38. The third kappa shape index (κ3) is 3.56. The third-order valence-corrected chi connectivity index (χ3v) is 4.94. The van der Waals surface area contributed by atoms with Gasteiger partial charge in [-0.15, -0.1) is 0 Å². The van der Waals surface area contributed by atoms with Gasteiger partial charge in [-0.1, -0.05) is 6.07 Å². The van der Waals surface area contributed by atoms with Crippen molar-refractivity contribution in [2.75, 3.05) is 17.6 Å². The van der Waals surface area contributed by atoms with Crippen molar-refractivity contribution in [3.63, 3.8) is 0 Å². The van der Waals surface area contributed by atoms with Crippen LogP contribution in [0.4, 0.5) is 5.69 Å². The van der Waals surface area contributed by atoms with Crippen molar-refractivity contribution < 1.29 is 8.42 Å². The van der Waals surface area contributed by atoms with Crippen LogP contribution in [-0.4, -0.2) is 20.7 Å². The zero-order valence-corrected chi connectivity index (χ0v) is 11.7. The van der Waals surface area contributed by atoms with E-state index in [1.807, 2.05) is 22.9 Å². The minimum atomic E-state index is -3.36. The average Bonchev–Trinajstić information content (AvgIpc) is 2.92. The summed E-state index contributed by atoms with van der Waals surface area (Å²) in [6.07, 6.45) is 0. The standard InChI is InChI=1S/C13H12N2O2S2/c14-9-11-2-1-3-13(8-11)19(16,17)7-5-15-12-4-6-18-10-12/h1-4,6,8,10,15H,5,7H2. The predicted octanol–water partition coefficient (Wildman–Crippen LogP) is 2.51. The molecule has 1 N–H and O–H groups in total. The van der Waals surface area contributed by atoms with Gasteiger partial charge in [0.15, 0.2) is 9.84 Å². The summed E-state index contributed by atoms with van der Waals surface area (Å²) < 4.78 is 24.2. The number of anilines is 1. The first-order chi connectivity index (χ1) is 9.12. The second-order valence-electron chi connectivity index (χ2n) is 3.90. The van der Waals surface area contributed by atoms with Crippen LogP contribution in [0.25, 0.3) is 0 Å². The van der Waals surface area contributed by atoms with Crippen LogP contribution in [0.2, 0.25) is 0 Å². The number of benzene rings is 1. The van der Waals surface area contributed by atoms with E-state index in [1.54, 1.807) is 23.5 Å². The van der Waals surface area contributed by atoms with Crippen molar-refractivity contribution in [3.8, 4) is 6.07 Å². The Morgan fingerprint density at radius 2 is 2.16 bits per heavy atom. The van der Waals surface area contributed by atoms with Gasteiger partial charge in [0.1, 0.15) is 0 Å². The number of hydrogen-bond donors (Lipinski definition) is 1. The number of nitrogens with zero attached hydrogens (tertiary/aromatic N) is 1. The molecule has 0 atom stereocenters. The molecule has 0 saturated carbocycles. The van der Waals surface area contributed by atoms with E-state index in [0.29, 0.717) is 12.1 Å². The highest BCUT2D eigenvalue weighted by atomic mass is 32.2. The van der Waals surface area contributed by atoms with Gasteiger partial charge < -0.3 is 5.32 Å². The highest BCUT2D eigenvalue weighted by Gasteiger charge is 2.14. The molecule has 0 aliphatic rings. The molecule has 4 nitrogen and oxygen atoms in total. The Balaban J connectivity index is 2.03. The Morgan fingerprint density at radius 1 is 1.32 bits per heavy atom. The molecule has 0 aliphatic carbocycles. The lowest BCUT2D eigenvalue weighted by atomic mass is 10.2. The minimum Gasteiger partial charge on any atom is -0.383 e. The topological polar surface area (TPSA) is 70.0 Å². The molecule has 2 rings (SSSR count). The summed E-state index contributed by atoms with van der Waals surface area (Å²) in [5.74, 6) is -0.00225. The first-order valence-electron chi connectivity index (χ1n) is 5.61. The van der Waals surface area contributed by atoms with E-state index in [9.17, 15) is 8.42 Å². The van der Waals surface area contributed by atoms with E-state index >= 15 is 0 Å². The van der Waals surface area contributed by atoms with E-state index in [-0.39, 0.29) is 10.6 Å². The van der Waals surface area contributed by atoms with Crippen LogP contribution in [0.5, 0.6) is 0 Å². The molecule has 2 aromatic rings. The maximum Gasteiger partial charge on any atom is 0.180 e. The Hall–Kier alpha value is -1.84. The quantitative estimate of drug-likeness (QED) is 0.919. The monoisotopic (exact) mass is 292 g/mol. The average molecular weight is 292 g/mol. The summed E-state index contributed by atoms with van der Waals surface area (Å²) in [6.45, 7) is 0.343. The summed E-state index contributed by atoms with van der Waals surface area (Å²) in [6, 6.07) is 9.92. The van der Waals surface area contributed by atoms with Crippen molar-refractivity contribution in [2.45, 2.75) is 4.90 Å². The molecule has 0 fully saturated rings. The molecule has 98 valence electrons. The van der Waals surface area contributed by atoms with Crippen molar-refractivity contribution in [1.29, 1.82) is 5.26 Å². The molecule has 0 radical (unpaired) electrons. The zero-order chi connectivity index (χ0) is 13.7. The zero-order valence-electron chi connectivity index (χ0n) is 10.0. The first-order valence-corrected chi connectivity index (χ1v) is 8.20. The van der Waals surface area contributed by atoms with E-state index in [1.165, 1.54) is 12.1 Å². The van der Waals surface area contributed by atoms with Crippen LogP contribution >= 0.6 is 11.3 Å². The second kappa shape index (κ2) is 5.87. The van der Waals surface area contributed by atoms with Gasteiger partial charge in [0.25, 0.3) is 0 Å². The van der Waals surface area contributed by atoms with Gasteiger partial charge in [-0.25, -0.2) is 8.42 Å². The fourth-order valence-electron chi connectivity index (χ4n) is 1.57. The molecule has 19 heavy (non-hydrogen) atoms. The van der Waals surface area contributed by atoms with Gasteiger partial charge in [-0.2, -0.15) is 16.6 Å². The van der Waals surface area contributed by atoms with E-state index in [2.05, 4.69) is 5.32 Å². The lowest BCUT2D eigenvalue weighted by Gasteiger charge is -2.06. The van der Waals surface area contributed by atoms with Gasteiger partial charge in [-0.05, 0) is 29.6 Å². The SMILES string of the molecule is N#Cc1cccc(S(=O)(=O)CCNc2ccsc2)c1. The normalized spacial score (nSPS) is 10.9. The number of nitrogens with one attached hydrogen (secondary N) is 1. The Kier molecular flexibility index (Phi) is 4.20. The van der Waals surface area contributed by atoms with Gasteiger partial charge in [0.2, 0.25) is 0 Å². The fraction of sp³-hybridized carbons (Fsp3) is 0.154. The van der Waals surface area contributed by atoms with E-state index < -0.39 is 9.84 Å². The molecule has 1 aromatic heterocycles. The van der Waals surface area contributed by atoms with Crippen LogP contribution in [-0.2, 0) is 9.84 Å². The summed E-state index contributed by atoms with van der Waals surface area (Å²) in [5, 5.41) is 15.7. The summed E-state index contributed by atoms with van der Waals surface area (Å²) in [4.78, 5) is 0.193. The molecule has 0 amide bonds. The van der Waals surface area contributed by atoms with Gasteiger partial charge in [-0.3, -0.25) is 0 Å². The van der Waals surface area contributed by atoms with Crippen LogP contribution in [0, 0.1) is 11.3 Å². The number of sulfone groups is 1. The van der Waals surface area contributed by atoms with Gasteiger partial charge in [0.05, 0.1) is 22.3 Å². The molecule has 0 unspecified atom stereocenters. The van der Waals surface area contributed by atoms with E-state index in [4.69, 9.17) is 5.26 Å². The molecule has 0 saturated heterocycles. The summed E-state index contributed by atoms with van der Waals surface area (Å²) >= 11 is 1.55. The van der Waals surface area contributed by atoms with Gasteiger partial charge in [0, 0.05) is 17.6 Å². The molecule has 1 aromatic carbocycles. The van der Waals surface area contributed by atoms with Crippen molar-refractivity contribution >= 4 is 26.9 Å². The molecular formula is C13H12N2O2S2. The Morgan fingerprint density at radius 3 is 2.84 bits per heavy atom. The molecule has 0 bridgehead atoms. The lowest BCUT2D eigenvalue weighted by molar-refractivity contribution is 0.596. The van der Waals surface area contributed by atoms with Gasteiger partial charge >= 0.3 is 0 Å². The smallest absolute Gasteiger partial charge is 0.180 e. The second-order valence-corrected chi connectivity index (χ2v) is 6.79. The van der Waals surface area contributed by atoms with Crippen LogP contribution in [0.1, 0.15) is 5.56 Å². The summed E-state index contributed by atoms with van der Waals surface area (Å²) in [7, 11) is -3.36. The van der Waals surface area contributed by atoms with E-state index in [0.717, 1.165) is 5.69 Å². The van der Waals surface area contributed by atoms with Crippen molar-refractivity contribution in [2.24, 2.45) is 0 Å². The maximum atomic E-state index is 12.1. The lowest BCUT2D eigenvalue weighted by Crippen LogP contribution is -2.15. The van der Waals surface area contributed by atoms with Crippen molar-refractivity contribution in [1.82, 2.24) is 0 Å². The first kappa shape index (κ1) is 13.6.